The van der Waals surface area contributed by atoms with Gasteiger partial charge in [-0.25, -0.2) is 9.97 Å². The van der Waals surface area contributed by atoms with E-state index in [9.17, 15) is 4.79 Å². The molecule has 18 heavy (non-hydrogen) atoms. The molecule has 2 aromatic heterocycles. The summed E-state index contributed by atoms with van der Waals surface area (Å²) in [6.07, 6.45) is 5.13. The molecule has 1 amide bonds. The first-order valence-electron chi connectivity index (χ1n) is 5.61. The van der Waals surface area contributed by atoms with Crippen LogP contribution in [0.15, 0.2) is 30.7 Å². The fourth-order valence-electron chi connectivity index (χ4n) is 1.48. The lowest BCUT2D eigenvalue weighted by Crippen LogP contribution is -2.32. The number of imidazole rings is 1. The van der Waals surface area contributed by atoms with Crippen molar-refractivity contribution in [1.29, 1.82) is 0 Å². The van der Waals surface area contributed by atoms with Crippen molar-refractivity contribution < 1.29 is 4.79 Å². The molecular weight excluding hydrogens is 230 g/mol. The van der Waals surface area contributed by atoms with Crippen LogP contribution in [0.4, 0.5) is 5.69 Å². The van der Waals surface area contributed by atoms with Gasteiger partial charge in [0.25, 0.3) is 0 Å². The number of aromatic nitrogens is 3. The molecule has 0 aromatic carbocycles. The maximum atomic E-state index is 11.4. The Bertz CT molecular complexity index is 544. The molecule has 94 valence electrons. The number of hydrogen-bond donors (Lipinski definition) is 2. The van der Waals surface area contributed by atoms with Crippen molar-refractivity contribution in [3.8, 4) is 5.82 Å². The van der Waals surface area contributed by atoms with Gasteiger partial charge in [-0.3, -0.25) is 9.36 Å². The van der Waals surface area contributed by atoms with E-state index in [2.05, 4.69) is 15.3 Å². The van der Waals surface area contributed by atoms with Gasteiger partial charge in [0.2, 0.25) is 5.91 Å². The molecule has 0 saturated heterocycles. The van der Waals surface area contributed by atoms with Crippen molar-refractivity contribution in [3.63, 3.8) is 0 Å². The monoisotopic (exact) mass is 245 g/mol. The van der Waals surface area contributed by atoms with Gasteiger partial charge in [-0.1, -0.05) is 0 Å². The first-order chi connectivity index (χ1) is 8.58. The highest BCUT2D eigenvalue weighted by molar-refractivity contribution is 5.94. The molecule has 0 radical (unpaired) electrons. The van der Waals surface area contributed by atoms with Crippen LogP contribution in [-0.2, 0) is 4.79 Å². The van der Waals surface area contributed by atoms with Gasteiger partial charge in [-0.2, -0.15) is 0 Å². The minimum atomic E-state index is -0.541. The van der Waals surface area contributed by atoms with Crippen LogP contribution in [0, 0.1) is 6.92 Å². The molecule has 0 aliphatic heterocycles. The molecule has 0 aliphatic rings. The van der Waals surface area contributed by atoms with E-state index in [0.717, 1.165) is 11.6 Å². The third kappa shape index (κ3) is 2.54. The van der Waals surface area contributed by atoms with Crippen molar-refractivity contribution in [1.82, 2.24) is 14.5 Å². The summed E-state index contributed by atoms with van der Waals surface area (Å²) in [7, 11) is 0. The summed E-state index contributed by atoms with van der Waals surface area (Å²) in [5.74, 6) is 1.38. The quantitative estimate of drug-likeness (QED) is 0.839. The first-order valence-corrected chi connectivity index (χ1v) is 5.61. The van der Waals surface area contributed by atoms with Crippen LogP contribution in [0.3, 0.4) is 0 Å². The minimum absolute atomic E-state index is 0.233. The second kappa shape index (κ2) is 4.97. The zero-order chi connectivity index (χ0) is 13.1. The molecule has 0 aliphatic carbocycles. The normalized spacial score (nSPS) is 12.2. The van der Waals surface area contributed by atoms with Crippen LogP contribution < -0.4 is 11.1 Å². The lowest BCUT2D eigenvalue weighted by atomic mass is 10.3. The fraction of sp³-hybridized carbons (Fsp3) is 0.250. The molecule has 2 heterocycles. The minimum Gasteiger partial charge on any atom is -0.323 e. The van der Waals surface area contributed by atoms with Crippen LogP contribution in [0.1, 0.15) is 12.7 Å². The lowest BCUT2D eigenvalue weighted by molar-refractivity contribution is -0.117. The topological polar surface area (TPSA) is 85.8 Å². The van der Waals surface area contributed by atoms with Crippen LogP contribution >= 0.6 is 0 Å². The Kier molecular flexibility index (Phi) is 3.38. The molecule has 0 bridgehead atoms. The predicted molar refractivity (Wildman–Crippen MR) is 68.4 cm³/mol. The fourth-order valence-corrected chi connectivity index (χ4v) is 1.48. The number of hydrogen-bond acceptors (Lipinski definition) is 4. The zero-order valence-corrected chi connectivity index (χ0v) is 10.3. The van der Waals surface area contributed by atoms with Gasteiger partial charge in [-0.15, -0.1) is 0 Å². The Hall–Kier alpha value is -2.21. The molecule has 0 spiro atoms. The number of amides is 1. The molecule has 6 heteroatoms. The number of nitrogens with two attached hydrogens (primary N) is 1. The average molecular weight is 245 g/mol. The number of anilines is 1. The molecular formula is C12H15N5O. The van der Waals surface area contributed by atoms with Gasteiger partial charge in [0.15, 0.2) is 0 Å². The number of carbonyl (C=O) groups excluding carboxylic acids is 1. The highest BCUT2D eigenvalue weighted by atomic mass is 16.2. The van der Waals surface area contributed by atoms with Gasteiger partial charge in [0.05, 0.1) is 17.9 Å². The van der Waals surface area contributed by atoms with E-state index in [-0.39, 0.29) is 5.91 Å². The first kappa shape index (κ1) is 12.3. The van der Waals surface area contributed by atoms with E-state index in [4.69, 9.17) is 5.73 Å². The third-order valence-corrected chi connectivity index (χ3v) is 2.50. The van der Waals surface area contributed by atoms with E-state index >= 15 is 0 Å². The average Bonchev–Trinajstić information content (AvgIpc) is 2.76. The largest absolute Gasteiger partial charge is 0.323 e. The summed E-state index contributed by atoms with van der Waals surface area (Å²) in [6, 6.07) is 3.05. The van der Waals surface area contributed by atoms with Crippen LogP contribution in [0.2, 0.25) is 0 Å². The van der Waals surface area contributed by atoms with Gasteiger partial charge < -0.3 is 11.1 Å². The summed E-state index contributed by atoms with van der Waals surface area (Å²) < 4.78 is 1.86. The van der Waals surface area contributed by atoms with Crippen LogP contribution in [0.25, 0.3) is 5.82 Å². The SMILES string of the molecule is Cc1nccn1-c1ccc(NC(=O)C(C)N)cn1. The molecule has 3 N–H and O–H groups in total. The van der Waals surface area contributed by atoms with Crippen LogP contribution in [-0.4, -0.2) is 26.5 Å². The number of aryl methyl sites for hydroxylation is 1. The number of nitrogens with zero attached hydrogens (tertiary/aromatic N) is 3. The molecule has 0 fully saturated rings. The second-order valence-corrected chi connectivity index (χ2v) is 4.03. The van der Waals surface area contributed by atoms with E-state index in [0.29, 0.717) is 5.69 Å². The molecule has 6 nitrogen and oxygen atoms in total. The highest BCUT2D eigenvalue weighted by Crippen LogP contribution is 2.11. The van der Waals surface area contributed by atoms with Gasteiger partial charge >= 0.3 is 0 Å². The standard InChI is InChI=1S/C12H15N5O/c1-8(13)12(18)16-10-3-4-11(15-7-10)17-6-5-14-9(17)2/h3-8H,13H2,1-2H3,(H,16,18). The summed E-state index contributed by atoms with van der Waals surface area (Å²) in [5.41, 5.74) is 6.09. The zero-order valence-electron chi connectivity index (χ0n) is 10.3. The van der Waals surface area contributed by atoms with Crippen molar-refractivity contribution >= 4 is 11.6 Å². The smallest absolute Gasteiger partial charge is 0.241 e. The Morgan fingerprint density at radius 2 is 2.22 bits per heavy atom. The summed E-state index contributed by atoms with van der Waals surface area (Å²) in [6.45, 7) is 3.53. The van der Waals surface area contributed by atoms with Crippen molar-refractivity contribution in [2.24, 2.45) is 5.73 Å². The van der Waals surface area contributed by atoms with Gasteiger partial charge in [0.1, 0.15) is 11.6 Å². The van der Waals surface area contributed by atoms with Gasteiger partial charge in [0, 0.05) is 12.4 Å². The highest BCUT2D eigenvalue weighted by Gasteiger charge is 2.08. The van der Waals surface area contributed by atoms with E-state index in [1.165, 1.54) is 0 Å². The van der Waals surface area contributed by atoms with E-state index in [1.807, 2.05) is 23.8 Å². The van der Waals surface area contributed by atoms with Gasteiger partial charge in [-0.05, 0) is 26.0 Å². The Balaban J connectivity index is 2.16. The van der Waals surface area contributed by atoms with Crippen molar-refractivity contribution in [2.45, 2.75) is 19.9 Å². The molecule has 0 saturated carbocycles. The van der Waals surface area contributed by atoms with Crippen molar-refractivity contribution in [3.05, 3.63) is 36.5 Å². The summed E-state index contributed by atoms with van der Waals surface area (Å²) in [4.78, 5) is 19.8. The second-order valence-electron chi connectivity index (χ2n) is 4.03. The summed E-state index contributed by atoms with van der Waals surface area (Å²) >= 11 is 0. The Morgan fingerprint density at radius 3 is 2.72 bits per heavy atom. The molecule has 1 unspecified atom stereocenters. The third-order valence-electron chi connectivity index (χ3n) is 2.50. The molecule has 2 rings (SSSR count). The lowest BCUT2D eigenvalue weighted by Gasteiger charge is -2.08. The number of pyridine rings is 1. The van der Waals surface area contributed by atoms with E-state index in [1.54, 1.807) is 25.4 Å². The Morgan fingerprint density at radius 1 is 1.44 bits per heavy atom. The number of rotatable bonds is 3. The predicted octanol–water partition coefficient (Wildman–Crippen LogP) is 0.861. The summed E-state index contributed by atoms with van der Waals surface area (Å²) in [5, 5.41) is 2.68. The van der Waals surface area contributed by atoms with E-state index < -0.39 is 6.04 Å². The maximum absolute atomic E-state index is 11.4. The van der Waals surface area contributed by atoms with Crippen molar-refractivity contribution in [2.75, 3.05) is 5.32 Å². The molecule has 1 atom stereocenters. The molecule has 2 aromatic rings. The number of carbonyl (C=O) groups is 1. The maximum Gasteiger partial charge on any atom is 0.241 e. The Labute approximate surface area is 105 Å². The number of nitrogens with one attached hydrogen (secondary N) is 1. The van der Waals surface area contributed by atoms with Crippen LogP contribution in [0.5, 0.6) is 0 Å².